The molecule has 0 atom stereocenters. The van der Waals surface area contributed by atoms with Crippen LogP contribution in [0.4, 0.5) is 0 Å². The molecule has 2 heterocycles. The van der Waals surface area contributed by atoms with E-state index in [9.17, 15) is 10.0 Å². The Morgan fingerprint density at radius 1 is 1.18 bits per heavy atom. The summed E-state index contributed by atoms with van der Waals surface area (Å²) in [6, 6.07) is 5.71. The number of para-hydroxylation sites is 1. The van der Waals surface area contributed by atoms with E-state index in [1.165, 1.54) is 12.8 Å². The first-order valence-electron chi connectivity index (χ1n) is 12.4. The number of hydrogen-bond acceptors (Lipinski definition) is 6. The van der Waals surface area contributed by atoms with E-state index in [1.54, 1.807) is 18.3 Å². The smallest absolute Gasteiger partial charge is 0.423 e. The molecule has 2 N–H and O–H groups in total. The van der Waals surface area contributed by atoms with Gasteiger partial charge in [-0.3, -0.25) is 9.67 Å². The number of aromatic nitrogens is 4. The summed E-state index contributed by atoms with van der Waals surface area (Å²) in [7, 11) is -3.28. The summed E-state index contributed by atoms with van der Waals surface area (Å²) in [5.74, 6) is 1.09. The van der Waals surface area contributed by atoms with Crippen molar-refractivity contribution >= 4 is 31.9 Å². The van der Waals surface area contributed by atoms with Gasteiger partial charge in [0, 0.05) is 29.7 Å². The van der Waals surface area contributed by atoms with Crippen molar-refractivity contribution in [3.05, 3.63) is 36.3 Å². The zero-order valence-corrected chi connectivity index (χ0v) is 21.8. The normalized spacial score (nSPS) is 21.0. The molecule has 180 valence electrons. The molecular formula is C25H35BN4O3Si. The first-order valence-corrected chi connectivity index (χ1v) is 15.3. The van der Waals surface area contributed by atoms with Gasteiger partial charge >= 0.3 is 7.12 Å². The number of fused-ring (bicyclic) bond motifs is 1. The Balaban J connectivity index is 1.34. The molecule has 0 unspecified atom stereocenters. The standard InChI is InChI=1S/C25H35BN4O3Si/c1-25(2,3)34(4,5)33-15-16-11-18(12-16)30-14-19(23(29-30)17-9-10-17)22-13-27-24-20(26(31)32)7-6-8-21(24)28-22/h6-8,13-14,16-18,31-32H,9-12,15H2,1-5H3/t16-,18-. The van der Waals surface area contributed by atoms with E-state index in [1.807, 2.05) is 6.07 Å². The van der Waals surface area contributed by atoms with Crippen molar-refractivity contribution in [3.63, 3.8) is 0 Å². The second-order valence-electron chi connectivity index (χ2n) is 11.6. The van der Waals surface area contributed by atoms with Crippen molar-refractivity contribution in [1.29, 1.82) is 0 Å². The van der Waals surface area contributed by atoms with Crippen molar-refractivity contribution in [2.24, 2.45) is 5.92 Å². The van der Waals surface area contributed by atoms with E-state index < -0.39 is 15.4 Å². The second kappa shape index (κ2) is 8.55. The van der Waals surface area contributed by atoms with Crippen LogP contribution in [-0.4, -0.2) is 51.8 Å². The van der Waals surface area contributed by atoms with Crippen LogP contribution in [-0.2, 0) is 4.43 Å². The van der Waals surface area contributed by atoms with Gasteiger partial charge in [0.1, 0.15) is 0 Å². The molecule has 0 bridgehead atoms. The Hall–Kier alpha value is -2.07. The first kappa shape index (κ1) is 23.7. The van der Waals surface area contributed by atoms with Crippen LogP contribution < -0.4 is 5.46 Å². The van der Waals surface area contributed by atoms with Gasteiger partial charge in [0.05, 0.1) is 34.7 Å². The Labute approximate surface area is 202 Å². The topological polar surface area (TPSA) is 93.3 Å². The molecule has 0 aliphatic heterocycles. The van der Waals surface area contributed by atoms with Crippen molar-refractivity contribution in [3.8, 4) is 11.3 Å². The lowest BCUT2D eigenvalue weighted by Gasteiger charge is -2.41. The van der Waals surface area contributed by atoms with Crippen molar-refractivity contribution in [1.82, 2.24) is 19.7 Å². The Morgan fingerprint density at radius 3 is 2.56 bits per heavy atom. The lowest BCUT2D eigenvalue weighted by Crippen LogP contribution is -2.43. The van der Waals surface area contributed by atoms with Crippen molar-refractivity contribution in [2.75, 3.05) is 6.61 Å². The quantitative estimate of drug-likeness (QED) is 0.499. The van der Waals surface area contributed by atoms with E-state index in [4.69, 9.17) is 14.5 Å². The third-order valence-electron chi connectivity index (χ3n) is 7.95. The summed E-state index contributed by atoms with van der Waals surface area (Å²) >= 11 is 0. The van der Waals surface area contributed by atoms with Gasteiger partial charge in [-0.25, -0.2) is 4.98 Å². The minimum Gasteiger partial charge on any atom is -0.423 e. The zero-order chi connectivity index (χ0) is 24.3. The van der Waals surface area contributed by atoms with Crippen molar-refractivity contribution < 1.29 is 14.5 Å². The van der Waals surface area contributed by atoms with Crippen LogP contribution in [0, 0.1) is 5.92 Å². The predicted molar refractivity (Wildman–Crippen MR) is 137 cm³/mol. The van der Waals surface area contributed by atoms with Gasteiger partial charge in [-0.05, 0) is 55.8 Å². The molecule has 0 amide bonds. The number of benzene rings is 1. The highest BCUT2D eigenvalue weighted by atomic mass is 28.4. The minimum atomic E-state index is -1.71. The van der Waals surface area contributed by atoms with Crippen LogP contribution in [0.15, 0.2) is 30.6 Å². The van der Waals surface area contributed by atoms with Crippen LogP contribution >= 0.6 is 0 Å². The molecule has 2 aromatic heterocycles. The molecular weight excluding hydrogens is 443 g/mol. The van der Waals surface area contributed by atoms with E-state index in [0.717, 1.165) is 36.4 Å². The first-order chi connectivity index (χ1) is 16.0. The molecule has 2 saturated carbocycles. The van der Waals surface area contributed by atoms with Crippen LogP contribution in [0.3, 0.4) is 0 Å². The zero-order valence-electron chi connectivity index (χ0n) is 20.8. The number of rotatable bonds is 7. The molecule has 2 aliphatic rings. The molecule has 3 aromatic rings. The Morgan fingerprint density at radius 2 is 1.91 bits per heavy atom. The van der Waals surface area contributed by atoms with Crippen LogP contribution in [0.2, 0.25) is 18.1 Å². The van der Waals surface area contributed by atoms with E-state index in [0.29, 0.717) is 34.4 Å². The fourth-order valence-corrected chi connectivity index (χ4v) is 5.53. The fourth-order valence-electron chi connectivity index (χ4n) is 4.45. The highest BCUT2D eigenvalue weighted by molar-refractivity contribution is 6.74. The Kier molecular flexibility index (Phi) is 5.95. The lowest BCUT2D eigenvalue weighted by molar-refractivity contribution is 0.110. The average molecular weight is 478 g/mol. The third-order valence-corrected chi connectivity index (χ3v) is 12.5. The molecule has 34 heavy (non-hydrogen) atoms. The van der Waals surface area contributed by atoms with Gasteiger partial charge in [0.2, 0.25) is 0 Å². The highest BCUT2D eigenvalue weighted by Gasteiger charge is 2.40. The van der Waals surface area contributed by atoms with Gasteiger partial charge in [0.25, 0.3) is 0 Å². The highest BCUT2D eigenvalue weighted by Crippen LogP contribution is 2.46. The van der Waals surface area contributed by atoms with E-state index >= 15 is 0 Å². The average Bonchev–Trinajstić information content (AvgIpc) is 3.50. The molecule has 0 radical (unpaired) electrons. The maximum Gasteiger partial charge on any atom is 0.490 e. The van der Waals surface area contributed by atoms with E-state index in [-0.39, 0.29) is 5.04 Å². The Bertz CT molecular complexity index is 1200. The SMILES string of the molecule is CC(C)(C)[Si](C)(C)OC[C@H]1C[C@H](n2cc(-c3cnc4c(B(O)O)cccc4n3)c(C3CC3)n2)C1. The monoisotopic (exact) mass is 478 g/mol. The summed E-state index contributed by atoms with van der Waals surface area (Å²) < 4.78 is 8.60. The molecule has 0 saturated heterocycles. The van der Waals surface area contributed by atoms with Crippen LogP contribution in [0.1, 0.15) is 64.1 Å². The van der Waals surface area contributed by atoms with E-state index in [2.05, 4.69) is 49.7 Å². The van der Waals surface area contributed by atoms with Gasteiger partial charge < -0.3 is 14.5 Å². The molecule has 9 heteroatoms. The predicted octanol–water partition coefficient (Wildman–Crippen LogP) is 4.02. The molecule has 5 rings (SSSR count). The molecule has 0 spiro atoms. The summed E-state index contributed by atoms with van der Waals surface area (Å²) in [6.45, 7) is 12.4. The van der Waals surface area contributed by atoms with Gasteiger partial charge in [-0.15, -0.1) is 0 Å². The maximum absolute atomic E-state index is 9.64. The number of nitrogens with zero attached hydrogens (tertiary/aromatic N) is 4. The summed E-state index contributed by atoms with van der Waals surface area (Å²) in [4.78, 5) is 9.35. The number of hydrogen-bond donors (Lipinski definition) is 2. The van der Waals surface area contributed by atoms with Gasteiger partial charge in [-0.1, -0.05) is 32.9 Å². The van der Waals surface area contributed by atoms with Crippen LogP contribution in [0.25, 0.3) is 22.3 Å². The summed E-state index contributed by atoms with van der Waals surface area (Å²) in [5, 5.41) is 24.5. The second-order valence-corrected chi connectivity index (χ2v) is 16.4. The van der Waals surface area contributed by atoms with Crippen molar-refractivity contribution in [2.45, 2.75) is 76.5 Å². The molecule has 2 fully saturated rings. The molecule has 7 nitrogen and oxygen atoms in total. The minimum absolute atomic E-state index is 0.239. The van der Waals surface area contributed by atoms with Gasteiger partial charge in [0.15, 0.2) is 8.32 Å². The molecule has 1 aromatic carbocycles. The fraction of sp³-hybridized carbons (Fsp3) is 0.560. The third kappa shape index (κ3) is 4.46. The van der Waals surface area contributed by atoms with Crippen LogP contribution in [0.5, 0.6) is 0 Å². The summed E-state index contributed by atoms with van der Waals surface area (Å²) in [5.41, 5.74) is 4.51. The summed E-state index contributed by atoms with van der Waals surface area (Å²) in [6.07, 6.45) is 8.41. The van der Waals surface area contributed by atoms with Gasteiger partial charge in [-0.2, -0.15) is 5.10 Å². The molecule has 2 aliphatic carbocycles. The largest absolute Gasteiger partial charge is 0.490 e. The maximum atomic E-state index is 9.64. The lowest BCUT2D eigenvalue weighted by atomic mass is 9.79.